The van der Waals surface area contributed by atoms with E-state index in [9.17, 15) is 14.4 Å². The lowest BCUT2D eigenvalue weighted by Crippen LogP contribution is -2.30. The van der Waals surface area contributed by atoms with Gasteiger partial charge in [-0.15, -0.1) is 5.10 Å². The summed E-state index contributed by atoms with van der Waals surface area (Å²) in [5.74, 6) is 0.0347. The van der Waals surface area contributed by atoms with E-state index in [2.05, 4.69) is 25.7 Å². The van der Waals surface area contributed by atoms with Crippen LogP contribution in [0.5, 0.6) is 0 Å². The highest BCUT2D eigenvalue weighted by Crippen LogP contribution is 2.19. The van der Waals surface area contributed by atoms with Gasteiger partial charge in [-0.05, 0) is 37.8 Å². The third-order valence-electron chi connectivity index (χ3n) is 5.04. The first-order valence-corrected chi connectivity index (χ1v) is 10.8. The van der Waals surface area contributed by atoms with Crippen molar-refractivity contribution >= 4 is 41.1 Å². The predicted molar refractivity (Wildman–Crippen MR) is 115 cm³/mol. The summed E-state index contributed by atoms with van der Waals surface area (Å²) >= 11 is 1.43. The van der Waals surface area contributed by atoms with Crippen LogP contribution in [0.4, 0.5) is 10.5 Å². The van der Waals surface area contributed by atoms with Gasteiger partial charge in [-0.1, -0.05) is 23.9 Å². The van der Waals surface area contributed by atoms with Gasteiger partial charge in [-0.25, -0.2) is 14.3 Å². The van der Waals surface area contributed by atoms with Crippen LogP contribution in [0.25, 0.3) is 5.78 Å². The molecule has 0 atom stereocenters. The number of amides is 4. The Morgan fingerprint density at radius 3 is 2.77 bits per heavy atom. The fraction of sp³-hybridized carbons (Fsp3) is 0.300. The van der Waals surface area contributed by atoms with Crippen molar-refractivity contribution in [3.63, 3.8) is 0 Å². The molecule has 3 aromatic rings. The number of imide groups is 1. The number of benzene rings is 1. The third-order valence-corrected chi connectivity index (χ3v) is 5.58. The fourth-order valence-corrected chi connectivity index (χ4v) is 3.78. The molecule has 0 saturated carbocycles. The average molecular weight is 440 g/mol. The topological polar surface area (TPSA) is 122 Å². The smallest absolute Gasteiger partial charge is 0.324 e. The number of carbonyl (C=O) groups is 3. The molecule has 3 heterocycles. The number of fused-ring (bicyclic) bond motifs is 1. The molecule has 0 unspecified atom stereocenters. The molecule has 1 saturated heterocycles. The Bertz CT molecular complexity index is 1190. The Hall–Kier alpha value is -3.47. The molecule has 0 aliphatic carbocycles. The van der Waals surface area contributed by atoms with Gasteiger partial charge >= 0.3 is 6.03 Å². The summed E-state index contributed by atoms with van der Waals surface area (Å²) in [6.07, 6.45) is 2.03. The highest BCUT2D eigenvalue weighted by atomic mass is 32.2. The number of hydrogen-bond acceptors (Lipinski definition) is 7. The van der Waals surface area contributed by atoms with Crippen molar-refractivity contribution in [2.45, 2.75) is 32.0 Å². The molecular formula is C20H21N7O3S. The largest absolute Gasteiger partial charge is 0.329 e. The molecule has 2 aromatic heterocycles. The standard InChI is InChI=1S/C20H21N7O3S/c1-11-15(12(2)27-18(22-11)24-19(25-27)31-3)8-16(28)23-14-6-4-5-13(7-14)10-26-17(29)9-21-20(26)30/h4-7H,8-10H2,1-3H3,(H,21,30)(H,23,28). The summed E-state index contributed by atoms with van der Waals surface area (Å²) in [5.41, 5.74) is 3.67. The van der Waals surface area contributed by atoms with Crippen LogP contribution in [0.3, 0.4) is 0 Å². The van der Waals surface area contributed by atoms with Crippen LogP contribution in [0.15, 0.2) is 29.4 Å². The molecular weight excluding hydrogens is 418 g/mol. The van der Waals surface area contributed by atoms with Crippen LogP contribution in [-0.4, -0.2) is 55.1 Å². The zero-order valence-corrected chi connectivity index (χ0v) is 18.1. The number of hydrogen-bond donors (Lipinski definition) is 2. The van der Waals surface area contributed by atoms with E-state index in [-0.39, 0.29) is 31.3 Å². The number of nitrogens with zero attached hydrogens (tertiary/aromatic N) is 5. The maximum absolute atomic E-state index is 12.7. The Morgan fingerprint density at radius 1 is 1.26 bits per heavy atom. The molecule has 160 valence electrons. The lowest BCUT2D eigenvalue weighted by Gasteiger charge is -2.14. The molecule has 4 rings (SSSR count). The number of aromatic nitrogens is 4. The second-order valence-corrected chi connectivity index (χ2v) is 7.91. The molecule has 1 fully saturated rings. The summed E-state index contributed by atoms with van der Waals surface area (Å²) in [6.45, 7) is 3.90. The van der Waals surface area contributed by atoms with Crippen LogP contribution in [0.1, 0.15) is 22.5 Å². The molecule has 1 aliphatic heterocycles. The zero-order chi connectivity index (χ0) is 22.1. The third kappa shape index (κ3) is 4.22. The van der Waals surface area contributed by atoms with Gasteiger partial charge in [0.25, 0.3) is 5.78 Å². The number of nitrogens with one attached hydrogen (secondary N) is 2. The van der Waals surface area contributed by atoms with Crippen molar-refractivity contribution in [2.75, 3.05) is 18.1 Å². The highest BCUT2D eigenvalue weighted by molar-refractivity contribution is 7.98. The van der Waals surface area contributed by atoms with Gasteiger partial charge in [-0.3, -0.25) is 14.5 Å². The number of thioether (sulfide) groups is 1. The molecule has 1 aliphatic rings. The minimum absolute atomic E-state index is 0.0105. The van der Waals surface area contributed by atoms with Crippen LogP contribution in [0, 0.1) is 13.8 Å². The van der Waals surface area contributed by atoms with E-state index in [1.165, 1.54) is 11.8 Å². The van der Waals surface area contributed by atoms with Crippen molar-refractivity contribution < 1.29 is 14.4 Å². The number of aryl methyl sites for hydroxylation is 2. The van der Waals surface area contributed by atoms with E-state index in [4.69, 9.17) is 0 Å². The van der Waals surface area contributed by atoms with E-state index in [1.54, 1.807) is 28.8 Å². The summed E-state index contributed by atoms with van der Waals surface area (Å²) < 4.78 is 1.65. The van der Waals surface area contributed by atoms with Crippen LogP contribution in [0.2, 0.25) is 0 Å². The number of anilines is 1. The SMILES string of the molecule is CSc1nc2nc(C)c(CC(=O)Nc3cccc(CN4C(=O)CNC4=O)c3)c(C)n2n1. The van der Waals surface area contributed by atoms with Crippen molar-refractivity contribution in [3.8, 4) is 0 Å². The minimum Gasteiger partial charge on any atom is -0.329 e. The van der Waals surface area contributed by atoms with E-state index in [1.807, 2.05) is 20.1 Å². The molecule has 0 spiro atoms. The summed E-state index contributed by atoms with van der Waals surface area (Å²) in [4.78, 5) is 46.2. The van der Waals surface area contributed by atoms with Gasteiger partial charge in [0.05, 0.1) is 19.5 Å². The zero-order valence-electron chi connectivity index (χ0n) is 17.3. The number of carbonyl (C=O) groups excluding carboxylic acids is 3. The number of urea groups is 1. The van der Waals surface area contributed by atoms with Crippen LogP contribution in [-0.2, 0) is 22.6 Å². The lowest BCUT2D eigenvalue weighted by atomic mass is 10.1. The Labute approximate surface area is 182 Å². The molecule has 10 nitrogen and oxygen atoms in total. The predicted octanol–water partition coefficient (Wildman–Crippen LogP) is 1.70. The molecule has 11 heteroatoms. The molecule has 2 N–H and O–H groups in total. The van der Waals surface area contributed by atoms with Gasteiger partial charge in [0.2, 0.25) is 17.0 Å². The van der Waals surface area contributed by atoms with E-state index in [0.29, 0.717) is 16.6 Å². The van der Waals surface area contributed by atoms with Crippen LogP contribution >= 0.6 is 11.8 Å². The summed E-state index contributed by atoms with van der Waals surface area (Å²) in [6, 6.07) is 6.67. The lowest BCUT2D eigenvalue weighted by molar-refractivity contribution is -0.125. The minimum atomic E-state index is -0.411. The molecule has 0 bridgehead atoms. The molecule has 0 radical (unpaired) electrons. The molecule has 4 amide bonds. The molecule has 31 heavy (non-hydrogen) atoms. The van der Waals surface area contributed by atoms with Gasteiger partial charge < -0.3 is 10.6 Å². The van der Waals surface area contributed by atoms with Crippen molar-refractivity contribution in [1.82, 2.24) is 29.8 Å². The maximum Gasteiger partial charge on any atom is 0.324 e. The summed E-state index contributed by atoms with van der Waals surface area (Å²) in [5, 5.41) is 10.4. The maximum atomic E-state index is 12.7. The Morgan fingerprint density at radius 2 is 2.06 bits per heavy atom. The van der Waals surface area contributed by atoms with Crippen molar-refractivity contribution in [3.05, 3.63) is 46.8 Å². The Balaban J connectivity index is 1.49. The Kier molecular flexibility index (Phi) is 5.59. The normalized spacial score (nSPS) is 13.7. The van der Waals surface area contributed by atoms with Crippen molar-refractivity contribution in [1.29, 1.82) is 0 Å². The molecule has 1 aromatic carbocycles. The first-order valence-electron chi connectivity index (χ1n) is 9.59. The number of rotatable bonds is 6. The average Bonchev–Trinajstić information content (AvgIpc) is 3.29. The van der Waals surface area contributed by atoms with Gasteiger partial charge in [0, 0.05) is 22.6 Å². The second kappa shape index (κ2) is 8.34. The van der Waals surface area contributed by atoms with E-state index >= 15 is 0 Å². The van der Waals surface area contributed by atoms with E-state index < -0.39 is 6.03 Å². The van der Waals surface area contributed by atoms with E-state index in [0.717, 1.165) is 27.4 Å². The van der Waals surface area contributed by atoms with Gasteiger partial charge in [-0.2, -0.15) is 4.98 Å². The fourth-order valence-electron chi connectivity index (χ4n) is 3.44. The van der Waals surface area contributed by atoms with Gasteiger partial charge in [0.1, 0.15) is 0 Å². The monoisotopic (exact) mass is 439 g/mol. The van der Waals surface area contributed by atoms with Gasteiger partial charge in [0.15, 0.2) is 0 Å². The van der Waals surface area contributed by atoms with Crippen LogP contribution < -0.4 is 10.6 Å². The first kappa shape index (κ1) is 20.8. The summed E-state index contributed by atoms with van der Waals surface area (Å²) in [7, 11) is 0. The first-order chi connectivity index (χ1) is 14.9. The highest BCUT2D eigenvalue weighted by Gasteiger charge is 2.28. The quantitative estimate of drug-likeness (QED) is 0.443. The second-order valence-electron chi connectivity index (χ2n) is 7.14. The van der Waals surface area contributed by atoms with Crippen molar-refractivity contribution in [2.24, 2.45) is 0 Å².